The summed E-state index contributed by atoms with van der Waals surface area (Å²) in [6, 6.07) is 12.4. The van der Waals surface area contributed by atoms with Crippen LogP contribution >= 0.6 is 23.2 Å². The molecule has 0 bridgehead atoms. The van der Waals surface area contributed by atoms with Crippen molar-refractivity contribution in [3.63, 3.8) is 0 Å². The van der Waals surface area contributed by atoms with Gasteiger partial charge in [-0.05, 0) is 48.5 Å². The van der Waals surface area contributed by atoms with E-state index in [1.165, 1.54) is 16.8 Å². The molecular weight excluding hydrogens is 366 g/mol. The smallest absolute Gasteiger partial charge is 0.356 e. The average molecular weight is 379 g/mol. The van der Waals surface area contributed by atoms with Crippen LogP contribution in [0, 0.1) is 5.82 Å². The molecule has 128 valence electrons. The number of aromatic nitrogens is 2. The number of esters is 1. The highest BCUT2D eigenvalue weighted by Crippen LogP contribution is 2.23. The van der Waals surface area contributed by atoms with Crippen molar-refractivity contribution >= 4 is 29.2 Å². The van der Waals surface area contributed by atoms with Crippen LogP contribution in [-0.4, -0.2) is 15.7 Å². The summed E-state index contributed by atoms with van der Waals surface area (Å²) in [5.74, 6) is -0.878. The van der Waals surface area contributed by atoms with Gasteiger partial charge in [0.25, 0.3) is 0 Å². The van der Waals surface area contributed by atoms with Crippen LogP contribution in [0.25, 0.3) is 11.3 Å². The Morgan fingerprint density at radius 1 is 1.16 bits per heavy atom. The molecule has 0 fully saturated rings. The van der Waals surface area contributed by atoms with Gasteiger partial charge < -0.3 is 4.74 Å². The molecular formula is C18H13Cl2FN2O2. The van der Waals surface area contributed by atoms with Crippen LogP contribution in [0.15, 0.2) is 48.5 Å². The topological polar surface area (TPSA) is 44.1 Å². The van der Waals surface area contributed by atoms with E-state index in [2.05, 4.69) is 5.10 Å². The molecule has 0 aliphatic rings. The van der Waals surface area contributed by atoms with Crippen LogP contribution in [0.2, 0.25) is 10.0 Å². The van der Waals surface area contributed by atoms with Crippen LogP contribution in [-0.2, 0) is 18.4 Å². The van der Waals surface area contributed by atoms with Crippen molar-refractivity contribution < 1.29 is 13.9 Å². The van der Waals surface area contributed by atoms with Crippen LogP contribution in [0.5, 0.6) is 0 Å². The van der Waals surface area contributed by atoms with E-state index in [4.69, 9.17) is 27.9 Å². The number of rotatable bonds is 4. The number of carbonyl (C=O) groups excluding carboxylic acids is 1. The Kier molecular flexibility index (Phi) is 5.06. The Balaban J connectivity index is 1.76. The first-order valence-electron chi connectivity index (χ1n) is 7.35. The zero-order valence-electron chi connectivity index (χ0n) is 13.2. The molecule has 3 aromatic rings. The van der Waals surface area contributed by atoms with Gasteiger partial charge in [-0.1, -0.05) is 23.2 Å². The number of carbonyl (C=O) groups is 1. The van der Waals surface area contributed by atoms with Crippen molar-refractivity contribution in [3.8, 4) is 11.3 Å². The highest BCUT2D eigenvalue weighted by molar-refractivity contribution is 6.33. The van der Waals surface area contributed by atoms with E-state index in [0.29, 0.717) is 26.9 Å². The zero-order valence-corrected chi connectivity index (χ0v) is 14.7. The number of nitrogens with zero attached hydrogens (tertiary/aromatic N) is 2. The number of halogens is 3. The Hall–Kier alpha value is -2.37. The van der Waals surface area contributed by atoms with Crippen molar-refractivity contribution in [2.45, 2.75) is 6.61 Å². The van der Waals surface area contributed by atoms with Gasteiger partial charge in [0.15, 0.2) is 0 Å². The first-order chi connectivity index (χ1) is 11.9. The predicted molar refractivity (Wildman–Crippen MR) is 94.2 cm³/mol. The lowest BCUT2D eigenvalue weighted by atomic mass is 10.1. The van der Waals surface area contributed by atoms with Gasteiger partial charge in [-0.2, -0.15) is 5.10 Å². The van der Waals surface area contributed by atoms with Gasteiger partial charge in [0.05, 0.1) is 5.69 Å². The fourth-order valence-corrected chi connectivity index (χ4v) is 2.66. The fraction of sp³-hybridized carbons (Fsp3) is 0.111. The molecule has 2 aromatic carbocycles. The summed E-state index contributed by atoms with van der Waals surface area (Å²) < 4.78 is 19.7. The summed E-state index contributed by atoms with van der Waals surface area (Å²) in [5.41, 5.74) is 2.14. The summed E-state index contributed by atoms with van der Waals surface area (Å²) in [7, 11) is 1.63. The Bertz CT molecular complexity index is 923. The molecule has 0 aliphatic heterocycles. The fourth-order valence-electron chi connectivity index (χ4n) is 2.29. The summed E-state index contributed by atoms with van der Waals surface area (Å²) >= 11 is 12.0. The lowest BCUT2D eigenvalue weighted by Crippen LogP contribution is -2.10. The Labute approximate surface area is 153 Å². The van der Waals surface area contributed by atoms with E-state index in [9.17, 15) is 9.18 Å². The SMILES string of the molecule is Cn1nc(-c2ccc(F)cc2)cc1C(=O)OCc1cc(Cl)ccc1Cl. The molecule has 0 saturated carbocycles. The minimum Gasteiger partial charge on any atom is -0.456 e. The highest BCUT2D eigenvalue weighted by Gasteiger charge is 2.16. The minimum absolute atomic E-state index is 0.00467. The first kappa shape index (κ1) is 17.5. The monoisotopic (exact) mass is 378 g/mol. The molecule has 3 rings (SSSR count). The van der Waals surface area contributed by atoms with Gasteiger partial charge in [0, 0.05) is 28.2 Å². The van der Waals surface area contributed by atoms with E-state index in [1.54, 1.807) is 43.4 Å². The molecule has 25 heavy (non-hydrogen) atoms. The standard InChI is InChI=1S/C18H13Cl2FN2O2/c1-23-17(9-16(22-23)11-2-5-14(21)6-3-11)18(24)25-10-12-8-13(19)4-7-15(12)20/h2-9H,10H2,1H3. The summed E-state index contributed by atoms with van der Waals surface area (Å²) in [5, 5.41) is 5.24. The molecule has 7 heteroatoms. The second kappa shape index (κ2) is 7.25. The molecule has 0 radical (unpaired) electrons. The number of benzene rings is 2. The third-order valence-electron chi connectivity index (χ3n) is 3.60. The number of hydrogen-bond donors (Lipinski definition) is 0. The molecule has 1 aromatic heterocycles. The van der Waals surface area contributed by atoms with E-state index >= 15 is 0 Å². The van der Waals surface area contributed by atoms with Gasteiger partial charge in [-0.15, -0.1) is 0 Å². The van der Waals surface area contributed by atoms with Crippen molar-refractivity contribution in [1.82, 2.24) is 9.78 Å². The average Bonchev–Trinajstić information content (AvgIpc) is 2.98. The maximum absolute atomic E-state index is 13.0. The summed E-state index contributed by atoms with van der Waals surface area (Å²) in [4.78, 5) is 12.3. The summed E-state index contributed by atoms with van der Waals surface area (Å²) in [6.07, 6.45) is 0. The molecule has 0 amide bonds. The Morgan fingerprint density at radius 2 is 1.88 bits per heavy atom. The van der Waals surface area contributed by atoms with Crippen LogP contribution < -0.4 is 0 Å². The van der Waals surface area contributed by atoms with Gasteiger partial charge in [-0.3, -0.25) is 4.68 Å². The van der Waals surface area contributed by atoms with Crippen LogP contribution in [0.4, 0.5) is 4.39 Å². The van der Waals surface area contributed by atoms with E-state index < -0.39 is 5.97 Å². The highest BCUT2D eigenvalue weighted by atomic mass is 35.5. The molecule has 0 N–H and O–H groups in total. The van der Waals surface area contributed by atoms with Gasteiger partial charge in [0.2, 0.25) is 0 Å². The van der Waals surface area contributed by atoms with Crippen molar-refractivity contribution in [1.29, 1.82) is 0 Å². The molecule has 0 spiro atoms. The molecule has 0 unspecified atom stereocenters. The zero-order chi connectivity index (χ0) is 18.0. The van der Waals surface area contributed by atoms with Gasteiger partial charge >= 0.3 is 5.97 Å². The minimum atomic E-state index is -0.542. The molecule has 4 nitrogen and oxygen atoms in total. The second-order valence-corrected chi connectivity index (χ2v) is 6.20. The number of hydrogen-bond acceptors (Lipinski definition) is 3. The normalized spacial score (nSPS) is 10.7. The van der Waals surface area contributed by atoms with E-state index in [1.807, 2.05) is 0 Å². The number of ether oxygens (including phenoxy) is 1. The van der Waals surface area contributed by atoms with Crippen molar-refractivity contribution in [2.24, 2.45) is 7.05 Å². The third kappa shape index (κ3) is 4.00. The van der Waals surface area contributed by atoms with Crippen molar-refractivity contribution in [2.75, 3.05) is 0 Å². The molecule has 0 atom stereocenters. The van der Waals surface area contributed by atoms with Crippen LogP contribution in [0.1, 0.15) is 16.1 Å². The summed E-state index contributed by atoms with van der Waals surface area (Å²) in [6.45, 7) is -0.00467. The van der Waals surface area contributed by atoms with Gasteiger partial charge in [-0.25, -0.2) is 9.18 Å². The molecule has 0 saturated heterocycles. The lowest BCUT2D eigenvalue weighted by Gasteiger charge is -2.07. The van der Waals surface area contributed by atoms with Crippen LogP contribution in [0.3, 0.4) is 0 Å². The quantitative estimate of drug-likeness (QED) is 0.607. The van der Waals surface area contributed by atoms with Gasteiger partial charge in [0.1, 0.15) is 18.1 Å². The van der Waals surface area contributed by atoms with E-state index in [-0.39, 0.29) is 18.1 Å². The maximum atomic E-state index is 13.0. The maximum Gasteiger partial charge on any atom is 0.356 e. The third-order valence-corrected chi connectivity index (χ3v) is 4.20. The lowest BCUT2D eigenvalue weighted by molar-refractivity contribution is 0.0460. The molecule has 0 aliphatic carbocycles. The second-order valence-electron chi connectivity index (χ2n) is 5.36. The Morgan fingerprint density at radius 3 is 2.60 bits per heavy atom. The van der Waals surface area contributed by atoms with Crippen molar-refractivity contribution in [3.05, 3.63) is 75.7 Å². The first-order valence-corrected chi connectivity index (χ1v) is 8.10. The molecule has 1 heterocycles. The largest absolute Gasteiger partial charge is 0.456 e. The van der Waals surface area contributed by atoms with E-state index in [0.717, 1.165) is 0 Å². The predicted octanol–water partition coefficient (Wildman–Crippen LogP) is 4.89. The number of aryl methyl sites for hydroxylation is 1.